The number of aromatic nitrogens is 2. The maximum Gasteiger partial charge on any atom is 0.256 e. The van der Waals surface area contributed by atoms with Gasteiger partial charge < -0.3 is 11.1 Å². The van der Waals surface area contributed by atoms with Crippen molar-refractivity contribution >= 4 is 11.7 Å². The second-order valence-corrected chi connectivity index (χ2v) is 7.64. The van der Waals surface area contributed by atoms with Crippen molar-refractivity contribution in [3.63, 3.8) is 0 Å². The van der Waals surface area contributed by atoms with Gasteiger partial charge in [-0.05, 0) is 36.6 Å². The van der Waals surface area contributed by atoms with E-state index in [9.17, 15) is 4.79 Å². The van der Waals surface area contributed by atoms with Gasteiger partial charge in [0.2, 0.25) is 0 Å². The number of likely N-dealkylation sites (tertiary alicyclic amines) is 1. The van der Waals surface area contributed by atoms with Crippen LogP contribution in [0.5, 0.6) is 0 Å². The molecule has 150 valence electrons. The van der Waals surface area contributed by atoms with Crippen LogP contribution in [0.15, 0.2) is 60.8 Å². The van der Waals surface area contributed by atoms with Crippen molar-refractivity contribution in [2.45, 2.75) is 32.5 Å². The second kappa shape index (κ2) is 8.59. The van der Waals surface area contributed by atoms with E-state index in [0.717, 1.165) is 43.0 Å². The summed E-state index contributed by atoms with van der Waals surface area (Å²) >= 11 is 0. The van der Waals surface area contributed by atoms with E-state index in [1.54, 1.807) is 0 Å². The lowest BCUT2D eigenvalue weighted by atomic mass is 10.1. The number of carbonyl (C=O) groups is 1. The summed E-state index contributed by atoms with van der Waals surface area (Å²) in [6.45, 7) is 5.32. The Balaban J connectivity index is 1.45. The average Bonchev–Trinajstić information content (AvgIpc) is 3.35. The molecule has 4 rings (SSSR count). The molecular formula is C23H27N5O. The monoisotopic (exact) mass is 389 g/mol. The Morgan fingerprint density at radius 3 is 2.62 bits per heavy atom. The molecule has 0 aliphatic carbocycles. The molecule has 3 N–H and O–H groups in total. The molecule has 1 aromatic heterocycles. The van der Waals surface area contributed by atoms with Crippen LogP contribution in [0.2, 0.25) is 0 Å². The molecule has 0 spiro atoms. The number of rotatable bonds is 6. The van der Waals surface area contributed by atoms with E-state index in [0.29, 0.717) is 12.1 Å². The molecule has 1 aliphatic rings. The molecule has 0 bridgehead atoms. The Morgan fingerprint density at radius 2 is 1.90 bits per heavy atom. The van der Waals surface area contributed by atoms with E-state index in [1.165, 1.54) is 5.56 Å². The molecular weight excluding hydrogens is 362 g/mol. The molecule has 29 heavy (non-hydrogen) atoms. The Hall–Kier alpha value is -2.96. The Bertz CT molecular complexity index is 965. The normalized spacial score (nSPS) is 16.8. The minimum atomic E-state index is -0.127. The number of nitrogens with one attached hydrogen (secondary N) is 1. The van der Waals surface area contributed by atoms with Gasteiger partial charge in [0, 0.05) is 37.3 Å². The molecule has 3 aromatic rings. The highest BCUT2D eigenvalue weighted by Gasteiger charge is 2.27. The van der Waals surface area contributed by atoms with E-state index in [1.807, 2.05) is 48.1 Å². The molecule has 6 nitrogen and oxygen atoms in total. The first-order chi connectivity index (χ1) is 14.1. The van der Waals surface area contributed by atoms with Gasteiger partial charge in [-0.3, -0.25) is 9.69 Å². The van der Waals surface area contributed by atoms with Crippen molar-refractivity contribution in [2.75, 3.05) is 18.4 Å². The quantitative estimate of drug-likeness (QED) is 0.678. The van der Waals surface area contributed by atoms with Gasteiger partial charge in [-0.15, -0.1) is 0 Å². The predicted molar refractivity (Wildman–Crippen MR) is 115 cm³/mol. The number of nitrogens with two attached hydrogens (primary N) is 1. The number of nitrogens with zero attached hydrogens (tertiary/aromatic N) is 3. The van der Waals surface area contributed by atoms with Crippen LogP contribution in [0.1, 0.15) is 39.5 Å². The van der Waals surface area contributed by atoms with Gasteiger partial charge in [0.25, 0.3) is 5.91 Å². The molecule has 0 radical (unpaired) electrons. The first-order valence-electron chi connectivity index (χ1n) is 10.0. The van der Waals surface area contributed by atoms with Crippen LogP contribution in [0, 0.1) is 6.92 Å². The van der Waals surface area contributed by atoms with Gasteiger partial charge in [-0.25, -0.2) is 4.68 Å². The molecule has 1 amide bonds. The third kappa shape index (κ3) is 4.39. The molecule has 2 aromatic carbocycles. The summed E-state index contributed by atoms with van der Waals surface area (Å²) in [7, 11) is 0. The lowest BCUT2D eigenvalue weighted by Crippen LogP contribution is -2.23. The molecule has 1 saturated heterocycles. The van der Waals surface area contributed by atoms with Crippen LogP contribution in [-0.4, -0.2) is 33.7 Å². The van der Waals surface area contributed by atoms with E-state index in [4.69, 9.17) is 5.73 Å². The summed E-state index contributed by atoms with van der Waals surface area (Å²) < 4.78 is 1.98. The first kappa shape index (κ1) is 19.4. The summed E-state index contributed by atoms with van der Waals surface area (Å²) in [4.78, 5) is 15.2. The minimum absolute atomic E-state index is 0.127. The van der Waals surface area contributed by atoms with Gasteiger partial charge in [-0.1, -0.05) is 42.5 Å². The Labute approximate surface area is 171 Å². The standard InChI is InChI=1S/C23H27N5O/c1-17-14-25-28(21-11-12-27(16-21)15-19-5-3-2-4-6-19)22(17)26-23(29)20-9-7-18(13-24)8-10-20/h2-10,14,21H,11-13,15-16,24H2,1H3,(H,26,29). The fourth-order valence-electron chi connectivity index (χ4n) is 3.85. The van der Waals surface area contributed by atoms with Crippen LogP contribution in [0.3, 0.4) is 0 Å². The van der Waals surface area contributed by atoms with E-state index >= 15 is 0 Å². The van der Waals surface area contributed by atoms with Crippen LogP contribution in [0.4, 0.5) is 5.82 Å². The number of hydrogen-bond donors (Lipinski definition) is 2. The Kier molecular flexibility index (Phi) is 5.74. The lowest BCUT2D eigenvalue weighted by Gasteiger charge is -2.18. The van der Waals surface area contributed by atoms with E-state index in [-0.39, 0.29) is 11.9 Å². The lowest BCUT2D eigenvalue weighted by molar-refractivity contribution is 0.102. The number of benzene rings is 2. The topological polar surface area (TPSA) is 76.2 Å². The van der Waals surface area contributed by atoms with E-state index in [2.05, 4.69) is 39.6 Å². The molecule has 1 aliphatic heterocycles. The smallest absolute Gasteiger partial charge is 0.256 e. The first-order valence-corrected chi connectivity index (χ1v) is 10.0. The number of aryl methyl sites for hydroxylation is 1. The fraction of sp³-hybridized carbons (Fsp3) is 0.304. The number of carbonyl (C=O) groups excluding carboxylic acids is 1. The van der Waals surface area contributed by atoms with Crippen molar-refractivity contribution in [3.05, 3.63) is 83.0 Å². The van der Waals surface area contributed by atoms with Crippen molar-refractivity contribution in [1.29, 1.82) is 0 Å². The SMILES string of the molecule is Cc1cnn(C2CCN(Cc3ccccc3)C2)c1NC(=O)c1ccc(CN)cc1. The molecule has 6 heteroatoms. The number of hydrogen-bond acceptors (Lipinski definition) is 4. The number of amides is 1. The third-order valence-electron chi connectivity index (χ3n) is 5.50. The highest BCUT2D eigenvalue weighted by molar-refractivity contribution is 6.04. The molecule has 0 saturated carbocycles. The molecule has 2 heterocycles. The van der Waals surface area contributed by atoms with Crippen LogP contribution in [-0.2, 0) is 13.1 Å². The minimum Gasteiger partial charge on any atom is -0.326 e. The zero-order valence-corrected chi connectivity index (χ0v) is 16.7. The highest BCUT2D eigenvalue weighted by Crippen LogP contribution is 2.28. The third-order valence-corrected chi connectivity index (χ3v) is 5.50. The molecule has 1 atom stereocenters. The van der Waals surface area contributed by atoms with Crippen molar-refractivity contribution in [3.8, 4) is 0 Å². The van der Waals surface area contributed by atoms with Crippen molar-refractivity contribution in [2.24, 2.45) is 5.73 Å². The predicted octanol–water partition coefficient (Wildman–Crippen LogP) is 3.35. The van der Waals surface area contributed by atoms with Gasteiger partial charge >= 0.3 is 0 Å². The summed E-state index contributed by atoms with van der Waals surface area (Å²) in [5, 5.41) is 7.64. The van der Waals surface area contributed by atoms with Gasteiger partial charge in [-0.2, -0.15) is 5.10 Å². The highest BCUT2D eigenvalue weighted by atomic mass is 16.1. The van der Waals surface area contributed by atoms with Gasteiger partial charge in [0.05, 0.1) is 12.2 Å². The van der Waals surface area contributed by atoms with Crippen LogP contribution in [0.25, 0.3) is 0 Å². The van der Waals surface area contributed by atoms with Crippen molar-refractivity contribution in [1.82, 2.24) is 14.7 Å². The maximum atomic E-state index is 12.7. The summed E-state index contributed by atoms with van der Waals surface area (Å²) in [6, 6.07) is 18.2. The Morgan fingerprint density at radius 1 is 1.14 bits per heavy atom. The zero-order chi connectivity index (χ0) is 20.2. The zero-order valence-electron chi connectivity index (χ0n) is 16.7. The summed E-state index contributed by atoms with van der Waals surface area (Å²) in [6.07, 6.45) is 2.84. The maximum absolute atomic E-state index is 12.7. The van der Waals surface area contributed by atoms with Gasteiger partial charge in [0.15, 0.2) is 0 Å². The van der Waals surface area contributed by atoms with E-state index < -0.39 is 0 Å². The number of anilines is 1. The van der Waals surface area contributed by atoms with Crippen LogP contribution >= 0.6 is 0 Å². The molecule has 1 unspecified atom stereocenters. The average molecular weight is 390 g/mol. The summed E-state index contributed by atoms with van der Waals surface area (Å²) in [5.41, 5.74) is 9.55. The summed E-state index contributed by atoms with van der Waals surface area (Å²) in [5.74, 6) is 0.655. The largest absolute Gasteiger partial charge is 0.326 e. The van der Waals surface area contributed by atoms with Crippen molar-refractivity contribution < 1.29 is 4.79 Å². The van der Waals surface area contributed by atoms with Gasteiger partial charge in [0.1, 0.15) is 5.82 Å². The second-order valence-electron chi connectivity index (χ2n) is 7.64. The van der Waals surface area contributed by atoms with Crippen LogP contribution < -0.4 is 11.1 Å². The molecule has 1 fully saturated rings. The fourth-order valence-corrected chi connectivity index (χ4v) is 3.85.